The largest absolute Gasteiger partial charge is 0.401 e. The van der Waals surface area contributed by atoms with Crippen LogP contribution in [0.4, 0.5) is 13.2 Å². The van der Waals surface area contributed by atoms with Crippen molar-refractivity contribution in [3.63, 3.8) is 0 Å². The molecule has 152 valence electrons. The van der Waals surface area contributed by atoms with Crippen LogP contribution >= 0.6 is 0 Å². The number of unbranched alkanes of at least 4 members (excludes halogenated alkanes) is 1. The van der Waals surface area contributed by atoms with Crippen LogP contribution < -0.4 is 11.2 Å². The van der Waals surface area contributed by atoms with Gasteiger partial charge in [-0.15, -0.1) is 0 Å². The number of hydrogen-bond acceptors (Lipinski definition) is 5. The maximum Gasteiger partial charge on any atom is 0.401 e. The highest BCUT2D eigenvalue weighted by Gasteiger charge is 2.31. The average Bonchev–Trinajstić information content (AvgIpc) is 2.88. The standard InChI is InChI=1S/C16H24F3N5O3/c1-3-4-7-24-13-12(14(26)21-15(24)27)22(2)11(20-13)9-23(6-5-8-25)10-16(17,18)19/h25H,3-10H2,1-2H3,(H,21,26,27). The molecule has 27 heavy (non-hydrogen) atoms. The molecule has 0 aliphatic heterocycles. The van der Waals surface area contributed by atoms with Crippen molar-refractivity contribution in [3.8, 4) is 0 Å². The van der Waals surface area contributed by atoms with Crippen molar-refractivity contribution in [2.24, 2.45) is 7.05 Å². The van der Waals surface area contributed by atoms with Gasteiger partial charge in [-0.2, -0.15) is 13.2 Å². The van der Waals surface area contributed by atoms with Gasteiger partial charge in [-0.25, -0.2) is 9.78 Å². The predicted octanol–water partition coefficient (Wildman–Crippen LogP) is 0.970. The van der Waals surface area contributed by atoms with Gasteiger partial charge in [0, 0.05) is 26.7 Å². The van der Waals surface area contributed by atoms with E-state index in [-0.39, 0.29) is 43.1 Å². The summed E-state index contributed by atoms with van der Waals surface area (Å²) in [6, 6.07) is 0. The topological polar surface area (TPSA) is 96.2 Å². The van der Waals surface area contributed by atoms with Gasteiger partial charge in [-0.1, -0.05) is 13.3 Å². The van der Waals surface area contributed by atoms with E-state index in [0.717, 1.165) is 11.3 Å². The molecule has 0 aliphatic carbocycles. The Labute approximate surface area is 153 Å². The lowest BCUT2D eigenvalue weighted by Gasteiger charge is -2.22. The molecule has 0 atom stereocenters. The van der Waals surface area contributed by atoms with E-state index in [9.17, 15) is 22.8 Å². The molecule has 2 aromatic heterocycles. The monoisotopic (exact) mass is 391 g/mol. The van der Waals surface area contributed by atoms with Crippen LogP contribution in [-0.2, 0) is 20.1 Å². The molecule has 2 heterocycles. The number of aromatic amines is 1. The zero-order chi connectivity index (χ0) is 20.2. The van der Waals surface area contributed by atoms with E-state index in [0.29, 0.717) is 13.0 Å². The summed E-state index contributed by atoms with van der Waals surface area (Å²) in [7, 11) is 1.53. The molecule has 0 aliphatic rings. The quantitative estimate of drug-likeness (QED) is 0.664. The van der Waals surface area contributed by atoms with Crippen LogP contribution in [-0.4, -0.2) is 55.0 Å². The molecule has 0 saturated heterocycles. The Hall–Kier alpha value is -2.14. The summed E-state index contributed by atoms with van der Waals surface area (Å²) in [6.45, 7) is 0.788. The molecule has 0 aromatic carbocycles. The van der Waals surface area contributed by atoms with Gasteiger partial charge in [0.2, 0.25) is 0 Å². The fraction of sp³-hybridized carbons (Fsp3) is 0.688. The molecule has 0 unspecified atom stereocenters. The van der Waals surface area contributed by atoms with E-state index in [1.807, 2.05) is 6.92 Å². The third-order valence-corrected chi connectivity index (χ3v) is 4.24. The zero-order valence-electron chi connectivity index (χ0n) is 15.3. The highest BCUT2D eigenvalue weighted by Crippen LogP contribution is 2.19. The maximum absolute atomic E-state index is 12.8. The van der Waals surface area contributed by atoms with Gasteiger partial charge < -0.3 is 9.67 Å². The number of rotatable bonds is 9. The molecule has 2 aromatic rings. The minimum absolute atomic E-state index is 0.0260. The lowest BCUT2D eigenvalue weighted by molar-refractivity contribution is -0.147. The van der Waals surface area contributed by atoms with Gasteiger partial charge in [0.25, 0.3) is 5.56 Å². The second-order valence-corrected chi connectivity index (χ2v) is 6.43. The number of aliphatic hydroxyl groups excluding tert-OH is 1. The summed E-state index contributed by atoms with van der Waals surface area (Å²) in [4.78, 5) is 31.9. The molecule has 0 amide bonds. The maximum atomic E-state index is 12.8. The molecule has 8 nitrogen and oxygen atoms in total. The van der Waals surface area contributed by atoms with Gasteiger partial charge in [-0.05, 0) is 12.8 Å². The summed E-state index contributed by atoms with van der Waals surface area (Å²) >= 11 is 0. The molecule has 2 N–H and O–H groups in total. The predicted molar refractivity (Wildman–Crippen MR) is 93.5 cm³/mol. The molecule has 0 fully saturated rings. The third kappa shape index (κ3) is 5.19. The third-order valence-electron chi connectivity index (χ3n) is 4.24. The van der Waals surface area contributed by atoms with Gasteiger partial charge in [0.1, 0.15) is 5.82 Å². The van der Waals surface area contributed by atoms with Crippen molar-refractivity contribution < 1.29 is 18.3 Å². The summed E-state index contributed by atoms with van der Waals surface area (Å²) in [5.74, 6) is 0.244. The number of hydrogen-bond donors (Lipinski definition) is 2. The van der Waals surface area contributed by atoms with Crippen molar-refractivity contribution in [3.05, 3.63) is 26.7 Å². The first-order valence-electron chi connectivity index (χ1n) is 8.76. The van der Waals surface area contributed by atoms with Crippen molar-refractivity contribution in [2.75, 3.05) is 19.7 Å². The summed E-state index contributed by atoms with van der Waals surface area (Å²) in [6.07, 6.45) is -2.69. The van der Waals surface area contributed by atoms with Crippen molar-refractivity contribution in [1.82, 2.24) is 24.0 Å². The number of halogens is 3. The van der Waals surface area contributed by atoms with Crippen LogP contribution in [0.5, 0.6) is 0 Å². The Morgan fingerprint density at radius 1 is 1.26 bits per heavy atom. The van der Waals surface area contributed by atoms with Gasteiger partial charge in [0.15, 0.2) is 11.2 Å². The first kappa shape index (κ1) is 21.2. The fourth-order valence-corrected chi connectivity index (χ4v) is 2.92. The minimum atomic E-state index is -4.40. The number of aryl methyl sites for hydroxylation is 2. The van der Waals surface area contributed by atoms with Crippen LogP contribution in [0.2, 0.25) is 0 Å². The van der Waals surface area contributed by atoms with E-state index in [2.05, 4.69) is 9.97 Å². The highest BCUT2D eigenvalue weighted by atomic mass is 19.4. The number of aliphatic hydroxyl groups is 1. The number of imidazole rings is 1. The normalized spacial score (nSPS) is 12.4. The van der Waals surface area contributed by atoms with Crippen LogP contribution in [0.15, 0.2) is 9.59 Å². The smallest absolute Gasteiger partial charge is 0.396 e. The molecular weight excluding hydrogens is 367 g/mol. The Bertz CT molecular complexity index is 884. The van der Waals surface area contributed by atoms with Crippen LogP contribution in [0.25, 0.3) is 11.2 Å². The fourth-order valence-electron chi connectivity index (χ4n) is 2.92. The van der Waals surface area contributed by atoms with Crippen LogP contribution in [0.1, 0.15) is 32.0 Å². The second-order valence-electron chi connectivity index (χ2n) is 6.43. The minimum Gasteiger partial charge on any atom is -0.396 e. The SMILES string of the molecule is CCCCn1c(=O)[nH]c(=O)c2c1nc(CN(CCCO)CC(F)(F)F)n2C. The second kappa shape index (κ2) is 8.70. The Balaban J connectivity index is 2.45. The van der Waals surface area contributed by atoms with Crippen LogP contribution in [0, 0.1) is 0 Å². The first-order chi connectivity index (χ1) is 12.7. The van der Waals surface area contributed by atoms with E-state index in [4.69, 9.17) is 5.11 Å². The van der Waals surface area contributed by atoms with Crippen molar-refractivity contribution in [2.45, 2.75) is 45.5 Å². The zero-order valence-corrected chi connectivity index (χ0v) is 15.3. The lowest BCUT2D eigenvalue weighted by Crippen LogP contribution is -2.35. The molecule has 0 saturated carbocycles. The summed E-state index contributed by atoms with van der Waals surface area (Å²) in [5.41, 5.74) is -0.890. The molecular formula is C16H24F3N5O3. The number of nitrogens with one attached hydrogen (secondary N) is 1. The van der Waals surface area contributed by atoms with Crippen molar-refractivity contribution >= 4 is 11.2 Å². The molecule has 11 heteroatoms. The summed E-state index contributed by atoms with van der Waals surface area (Å²) < 4.78 is 41.2. The van der Waals surface area contributed by atoms with Gasteiger partial charge in [0.05, 0.1) is 13.1 Å². The molecule has 0 bridgehead atoms. The van der Waals surface area contributed by atoms with E-state index in [1.165, 1.54) is 16.2 Å². The molecule has 2 rings (SSSR count). The Morgan fingerprint density at radius 2 is 1.96 bits per heavy atom. The average molecular weight is 391 g/mol. The number of fused-ring (bicyclic) bond motifs is 1. The number of alkyl halides is 3. The van der Waals surface area contributed by atoms with E-state index >= 15 is 0 Å². The van der Waals surface area contributed by atoms with Crippen molar-refractivity contribution in [1.29, 1.82) is 0 Å². The van der Waals surface area contributed by atoms with E-state index in [1.54, 1.807) is 0 Å². The highest BCUT2D eigenvalue weighted by molar-refractivity contribution is 5.70. The molecule has 0 spiro atoms. The number of aromatic nitrogens is 4. The summed E-state index contributed by atoms with van der Waals surface area (Å²) in [5, 5.41) is 8.92. The number of nitrogens with zero attached hydrogens (tertiary/aromatic N) is 4. The Morgan fingerprint density at radius 3 is 2.56 bits per heavy atom. The van der Waals surface area contributed by atoms with E-state index < -0.39 is 24.0 Å². The molecule has 0 radical (unpaired) electrons. The Kier molecular flexibility index (Phi) is 6.82. The lowest BCUT2D eigenvalue weighted by atomic mass is 10.3. The van der Waals surface area contributed by atoms with Crippen LogP contribution in [0.3, 0.4) is 0 Å². The van der Waals surface area contributed by atoms with Gasteiger partial charge >= 0.3 is 11.9 Å². The number of H-pyrrole nitrogens is 1. The first-order valence-corrected chi connectivity index (χ1v) is 8.76. The van der Waals surface area contributed by atoms with Gasteiger partial charge in [-0.3, -0.25) is 19.2 Å².